The van der Waals surface area contributed by atoms with Crippen molar-refractivity contribution in [2.24, 2.45) is 0 Å². The highest BCUT2D eigenvalue weighted by Crippen LogP contribution is 2.31. The molecule has 1 unspecified atom stereocenters. The van der Waals surface area contributed by atoms with E-state index in [2.05, 4.69) is 26.1 Å². The summed E-state index contributed by atoms with van der Waals surface area (Å²) in [6.07, 6.45) is 2.39. The number of hydrogen-bond acceptors (Lipinski definition) is 4. The van der Waals surface area contributed by atoms with Crippen LogP contribution in [0.2, 0.25) is 0 Å². The van der Waals surface area contributed by atoms with E-state index in [1.54, 1.807) is 0 Å². The van der Waals surface area contributed by atoms with Crippen LogP contribution in [0.3, 0.4) is 0 Å². The van der Waals surface area contributed by atoms with Gasteiger partial charge >= 0.3 is 0 Å². The molecule has 0 spiro atoms. The standard InChI is InChI=1S/C13H17BrFN3O2/c1-9(8-17-4-2-3-5-17)16-12-7-11(15)10(14)6-13(12)18(19)20/h6-7,9,16H,2-5,8H2,1H3. The van der Waals surface area contributed by atoms with Gasteiger partial charge < -0.3 is 10.2 Å². The van der Waals surface area contributed by atoms with Crippen molar-refractivity contribution in [3.63, 3.8) is 0 Å². The minimum absolute atomic E-state index is 0.0207. The average molecular weight is 346 g/mol. The number of nitrogens with one attached hydrogen (secondary N) is 1. The topological polar surface area (TPSA) is 58.4 Å². The van der Waals surface area contributed by atoms with Crippen molar-refractivity contribution in [2.45, 2.75) is 25.8 Å². The van der Waals surface area contributed by atoms with Gasteiger partial charge in [-0.25, -0.2) is 4.39 Å². The molecule has 1 fully saturated rings. The Balaban J connectivity index is 2.10. The fourth-order valence-corrected chi connectivity index (χ4v) is 2.80. The van der Waals surface area contributed by atoms with Crippen LogP contribution in [-0.2, 0) is 0 Å². The summed E-state index contributed by atoms with van der Waals surface area (Å²) in [5, 5.41) is 14.1. The Morgan fingerprint density at radius 2 is 2.15 bits per heavy atom. The second-order valence-electron chi connectivity index (χ2n) is 5.09. The SMILES string of the molecule is CC(CN1CCCC1)Nc1cc(F)c(Br)cc1[N+](=O)[O-]. The number of halogens is 2. The zero-order valence-electron chi connectivity index (χ0n) is 11.2. The maximum absolute atomic E-state index is 13.6. The molecule has 1 aliphatic heterocycles. The molecule has 0 saturated carbocycles. The summed E-state index contributed by atoms with van der Waals surface area (Å²) in [5.74, 6) is -0.508. The lowest BCUT2D eigenvalue weighted by atomic mass is 10.2. The van der Waals surface area contributed by atoms with E-state index in [0.29, 0.717) is 0 Å². The van der Waals surface area contributed by atoms with Crippen molar-refractivity contribution >= 4 is 27.3 Å². The number of nitro benzene ring substituents is 1. The van der Waals surface area contributed by atoms with Gasteiger partial charge in [0.25, 0.3) is 5.69 Å². The average Bonchev–Trinajstić information content (AvgIpc) is 2.85. The van der Waals surface area contributed by atoms with Crippen molar-refractivity contribution < 1.29 is 9.31 Å². The summed E-state index contributed by atoms with van der Waals surface area (Å²) in [7, 11) is 0. The summed E-state index contributed by atoms with van der Waals surface area (Å²) in [6.45, 7) is 4.86. The first-order chi connectivity index (χ1) is 9.47. The first kappa shape index (κ1) is 15.2. The Morgan fingerprint density at radius 1 is 1.50 bits per heavy atom. The fourth-order valence-electron chi connectivity index (χ4n) is 2.47. The third-order valence-electron chi connectivity index (χ3n) is 3.37. The third-order valence-corrected chi connectivity index (χ3v) is 3.98. The first-order valence-corrected chi connectivity index (χ1v) is 7.39. The summed E-state index contributed by atoms with van der Waals surface area (Å²) >= 11 is 2.97. The van der Waals surface area contributed by atoms with Crippen molar-refractivity contribution in [3.8, 4) is 0 Å². The van der Waals surface area contributed by atoms with E-state index >= 15 is 0 Å². The number of benzene rings is 1. The number of anilines is 1. The highest BCUT2D eigenvalue weighted by Gasteiger charge is 2.20. The van der Waals surface area contributed by atoms with Gasteiger partial charge in [0.15, 0.2) is 0 Å². The van der Waals surface area contributed by atoms with Gasteiger partial charge in [-0.15, -0.1) is 0 Å². The second kappa shape index (κ2) is 6.49. The lowest BCUT2D eigenvalue weighted by Crippen LogP contribution is -2.33. The number of likely N-dealkylation sites (tertiary alicyclic amines) is 1. The number of rotatable bonds is 5. The normalized spacial score (nSPS) is 17.1. The summed E-state index contributed by atoms with van der Waals surface area (Å²) in [6, 6.07) is 2.38. The van der Waals surface area contributed by atoms with E-state index in [1.807, 2.05) is 6.92 Å². The van der Waals surface area contributed by atoms with E-state index in [1.165, 1.54) is 25.0 Å². The van der Waals surface area contributed by atoms with E-state index in [-0.39, 0.29) is 21.9 Å². The molecular weight excluding hydrogens is 329 g/mol. The molecule has 0 aliphatic carbocycles. The second-order valence-corrected chi connectivity index (χ2v) is 5.95. The lowest BCUT2D eigenvalue weighted by molar-refractivity contribution is -0.384. The maximum atomic E-state index is 13.6. The molecule has 2 rings (SSSR count). The van der Waals surface area contributed by atoms with Gasteiger partial charge in [-0.2, -0.15) is 0 Å². The highest BCUT2D eigenvalue weighted by atomic mass is 79.9. The smallest absolute Gasteiger partial charge is 0.293 e. The van der Waals surface area contributed by atoms with Crippen LogP contribution in [-0.4, -0.2) is 35.5 Å². The van der Waals surface area contributed by atoms with Crippen LogP contribution in [0.15, 0.2) is 16.6 Å². The van der Waals surface area contributed by atoms with Crippen molar-refractivity contribution in [3.05, 3.63) is 32.5 Å². The molecule has 1 N–H and O–H groups in total. The van der Waals surface area contributed by atoms with Gasteiger partial charge in [-0.1, -0.05) is 0 Å². The van der Waals surface area contributed by atoms with Gasteiger partial charge in [0.1, 0.15) is 11.5 Å². The van der Waals surface area contributed by atoms with Crippen LogP contribution in [0.25, 0.3) is 0 Å². The first-order valence-electron chi connectivity index (χ1n) is 6.59. The summed E-state index contributed by atoms with van der Waals surface area (Å²) < 4.78 is 13.7. The largest absolute Gasteiger partial charge is 0.376 e. The minimum atomic E-state index is -0.508. The molecule has 1 aliphatic rings. The quantitative estimate of drug-likeness (QED) is 0.656. The molecule has 7 heteroatoms. The Labute approximate surface area is 125 Å². The van der Waals surface area contributed by atoms with Crippen LogP contribution < -0.4 is 5.32 Å². The molecule has 1 aromatic carbocycles. The van der Waals surface area contributed by atoms with Gasteiger partial charge in [0.05, 0.1) is 9.40 Å². The molecule has 5 nitrogen and oxygen atoms in total. The van der Waals surface area contributed by atoms with Crippen LogP contribution in [0.1, 0.15) is 19.8 Å². The van der Waals surface area contributed by atoms with Crippen molar-refractivity contribution in [1.29, 1.82) is 0 Å². The van der Waals surface area contributed by atoms with Crippen molar-refractivity contribution in [2.75, 3.05) is 25.0 Å². The molecule has 0 radical (unpaired) electrons. The van der Waals surface area contributed by atoms with Crippen LogP contribution in [0.4, 0.5) is 15.8 Å². The molecule has 110 valence electrons. The molecule has 20 heavy (non-hydrogen) atoms. The maximum Gasteiger partial charge on any atom is 0.293 e. The minimum Gasteiger partial charge on any atom is -0.376 e. The summed E-state index contributed by atoms with van der Waals surface area (Å²) in [4.78, 5) is 12.8. The highest BCUT2D eigenvalue weighted by molar-refractivity contribution is 9.10. The monoisotopic (exact) mass is 345 g/mol. The molecule has 1 saturated heterocycles. The van der Waals surface area contributed by atoms with Crippen molar-refractivity contribution in [1.82, 2.24) is 4.90 Å². The van der Waals surface area contributed by atoms with E-state index in [4.69, 9.17) is 0 Å². The third kappa shape index (κ3) is 3.67. The van der Waals surface area contributed by atoms with Crippen LogP contribution in [0, 0.1) is 15.9 Å². The summed E-state index contributed by atoms with van der Waals surface area (Å²) in [5.41, 5.74) is 0.106. The molecule has 0 amide bonds. The fraction of sp³-hybridized carbons (Fsp3) is 0.538. The molecule has 1 heterocycles. The van der Waals surface area contributed by atoms with Crippen LogP contribution in [0.5, 0.6) is 0 Å². The number of nitro groups is 1. The van der Waals surface area contributed by atoms with E-state index < -0.39 is 10.7 Å². The molecule has 0 aromatic heterocycles. The predicted octanol–water partition coefficient (Wildman–Crippen LogP) is 3.39. The molecule has 1 atom stereocenters. The Bertz CT molecular complexity index is 507. The van der Waals surface area contributed by atoms with Crippen LogP contribution >= 0.6 is 15.9 Å². The van der Waals surface area contributed by atoms with E-state index in [0.717, 1.165) is 19.6 Å². The predicted molar refractivity (Wildman–Crippen MR) is 79.5 cm³/mol. The van der Waals surface area contributed by atoms with Gasteiger partial charge in [-0.05, 0) is 48.8 Å². The molecule has 1 aromatic rings. The van der Waals surface area contributed by atoms with Gasteiger partial charge in [-0.3, -0.25) is 10.1 Å². The van der Waals surface area contributed by atoms with Gasteiger partial charge in [0.2, 0.25) is 0 Å². The zero-order chi connectivity index (χ0) is 14.7. The van der Waals surface area contributed by atoms with E-state index in [9.17, 15) is 14.5 Å². The number of nitrogens with zero attached hydrogens (tertiary/aromatic N) is 2. The lowest BCUT2D eigenvalue weighted by Gasteiger charge is -2.22. The Morgan fingerprint density at radius 3 is 2.75 bits per heavy atom. The molecular formula is C13H17BrFN3O2. The number of hydrogen-bond donors (Lipinski definition) is 1. The Kier molecular flexibility index (Phi) is 4.93. The van der Waals surface area contributed by atoms with Gasteiger partial charge in [0, 0.05) is 24.7 Å². The molecule has 0 bridgehead atoms. The zero-order valence-corrected chi connectivity index (χ0v) is 12.8. The Hall–Kier alpha value is -1.21.